The molecular formula is C21H27FN2O5. The maximum Gasteiger partial charge on any atom is 0.328 e. The first-order valence-electron chi connectivity index (χ1n) is 9.76. The summed E-state index contributed by atoms with van der Waals surface area (Å²) in [6.45, 7) is 6.64. The standard InChI is InChI=1S/C21H27FN2O5/c1-20(2,3)12-17(25)23-10-8-21(9-11-23)24(16(13-29-21)19(27)28)18(26)14-4-6-15(22)7-5-14/h4-7,16H,8-13H2,1-3H3,(H,27,28)/t16-/m1/s1. The zero-order valence-corrected chi connectivity index (χ0v) is 17.0. The van der Waals surface area contributed by atoms with Crippen LogP contribution in [0, 0.1) is 11.2 Å². The molecule has 158 valence electrons. The minimum Gasteiger partial charge on any atom is -0.480 e. The number of carbonyl (C=O) groups is 3. The van der Waals surface area contributed by atoms with Gasteiger partial charge in [-0.25, -0.2) is 9.18 Å². The Morgan fingerprint density at radius 1 is 1.17 bits per heavy atom. The number of likely N-dealkylation sites (tertiary alicyclic amines) is 1. The third-order valence-electron chi connectivity index (χ3n) is 5.43. The first-order chi connectivity index (χ1) is 13.5. The van der Waals surface area contributed by atoms with Crippen molar-refractivity contribution < 1.29 is 28.6 Å². The predicted molar refractivity (Wildman–Crippen MR) is 103 cm³/mol. The van der Waals surface area contributed by atoms with Crippen molar-refractivity contribution in [3.63, 3.8) is 0 Å². The second-order valence-corrected chi connectivity index (χ2v) is 8.91. The summed E-state index contributed by atoms with van der Waals surface area (Å²) in [7, 11) is 0. The average Bonchev–Trinajstić information content (AvgIpc) is 3.00. The Kier molecular flexibility index (Phi) is 5.67. The maximum atomic E-state index is 13.2. The Morgan fingerprint density at radius 2 is 1.76 bits per heavy atom. The number of aliphatic carboxylic acids is 1. The SMILES string of the molecule is CC(C)(C)CC(=O)N1CCC2(CC1)OC[C@H](C(=O)O)N2C(=O)c1ccc(F)cc1. The quantitative estimate of drug-likeness (QED) is 0.834. The molecule has 1 aromatic rings. The minimum absolute atomic E-state index is 0.0385. The van der Waals surface area contributed by atoms with Crippen molar-refractivity contribution in [3.05, 3.63) is 35.6 Å². The molecule has 2 fully saturated rings. The molecule has 7 nitrogen and oxygen atoms in total. The highest BCUT2D eigenvalue weighted by atomic mass is 19.1. The lowest BCUT2D eigenvalue weighted by atomic mass is 9.90. The molecule has 1 aromatic carbocycles. The van der Waals surface area contributed by atoms with E-state index >= 15 is 0 Å². The summed E-state index contributed by atoms with van der Waals surface area (Å²) in [6, 6.07) is 3.89. The summed E-state index contributed by atoms with van der Waals surface area (Å²) in [5.41, 5.74) is -1.00. The van der Waals surface area contributed by atoms with Gasteiger partial charge in [-0.3, -0.25) is 14.5 Å². The molecule has 1 atom stereocenters. The van der Waals surface area contributed by atoms with Crippen molar-refractivity contribution >= 4 is 17.8 Å². The lowest BCUT2D eigenvalue weighted by Gasteiger charge is -2.44. The number of carboxylic acid groups (broad SMARTS) is 1. The Bertz CT molecular complexity index is 794. The molecule has 2 saturated heterocycles. The van der Waals surface area contributed by atoms with Crippen molar-refractivity contribution in [2.75, 3.05) is 19.7 Å². The molecule has 0 unspecified atom stereocenters. The van der Waals surface area contributed by atoms with E-state index in [1.165, 1.54) is 29.2 Å². The van der Waals surface area contributed by atoms with Gasteiger partial charge in [0, 0.05) is 37.9 Å². The number of amides is 2. The number of hydrogen-bond acceptors (Lipinski definition) is 4. The Hall–Kier alpha value is -2.48. The van der Waals surface area contributed by atoms with Crippen LogP contribution in [0.15, 0.2) is 24.3 Å². The fourth-order valence-corrected chi connectivity index (χ4v) is 3.96. The first-order valence-corrected chi connectivity index (χ1v) is 9.76. The highest BCUT2D eigenvalue weighted by molar-refractivity contribution is 5.97. The number of rotatable bonds is 3. The molecule has 0 saturated carbocycles. The van der Waals surface area contributed by atoms with E-state index in [0.717, 1.165) is 0 Å². The molecule has 29 heavy (non-hydrogen) atoms. The van der Waals surface area contributed by atoms with Gasteiger partial charge in [0.05, 0.1) is 6.61 Å². The van der Waals surface area contributed by atoms with Crippen molar-refractivity contribution in [3.8, 4) is 0 Å². The van der Waals surface area contributed by atoms with E-state index in [4.69, 9.17) is 4.74 Å². The van der Waals surface area contributed by atoms with E-state index in [1.54, 1.807) is 4.90 Å². The van der Waals surface area contributed by atoms with Gasteiger partial charge in [0.2, 0.25) is 5.91 Å². The molecule has 0 aromatic heterocycles. The number of halogens is 1. The van der Waals surface area contributed by atoms with Gasteiger partial charge in [0.25, 0.3) is 5.91 Å². The van der Waals surface area contributed by atoms with Crippen LogP contribution in [0.25, 0.3) is 0 Å². The summed E-state index contributed by atoms with van der Waals surface area (Å²) in [5.74, 6) is -2.10. The molecule has 0 aliphatic carbocycles. The highest BCUT2D eigenvalue weighted by Crippen LogP contribution is 2.39. The van der Waals surface area contributed by atoms with Gasteiger partial charge in [0.1, 0.15) is 11.5 Å². The molecule has 2 aliphatic heterocycles. The second kappa shape index (κ2) is 7.74. The number of piperidine rings is 1. The number of ether oxygens (including phenoxy) is 1. The van der Waals surface area contributed by atoms with Crippen LogP contribution >= 0.6 is 0 Å². The molecule has 8 heteroatoms. The van der Waals surface area contributed by atoms with E-state index in [9.17, 15) is 23.9 Å². The Morgan fingerprint density at radius 3 is 2.28 bits per heavy atom. The zero-order valence-electron chi connectivity index (χ0n) is 17.0. The number of carbonyl (C=O) groups excluding carboxylic acids is 2. The van der Waals surface area contributed by atoms with Gasteiger partial charge in [-0.15, -0.1) is 0 Å². The molecular weight excluding hydrogens is 379 g/mol. The second-order valence-electron chi connectivity index (χ2n) is 8.91. The van der Waals surface area contributed by atoms with E-state index < -0.39 is 29.5 Å². The largest absolute Gasteiger partial charge is 0.480 e. The summed E-state index contributed by atoms with van der Waals surface area (Å²) in [4.78, 5) is 40.4. The van der Waals surface area contributed by atoms with Crippen LogP contribution in [-0.4, -0.2) is 64.2 Å². The van der Waals surface area contributed by atoms with Crippen LogP contribution in [-0.2, 0) is 14.3 Å². The van der Waals surface area contributed by atoms with Crippen LogP contribution in [0.2, 0.25) is 0 Å². The van der Waals surface area contributed by atoms with Gasteiger partial charge in [-0.2, -0.15) is 0 Å². The van der Waals surface area contributed by atoms with Crippen LogP contribution in [0.5, 0.6) is 0 Å². The molecule has 2 aliphatic rings. The van der Waals surface area contributed by atoms with Crippen molar-refractivity contribution in [2.24, 2.45) is 5.41 Å². The van der Waals surface area contributed by atoms with Crippen molar-refractivity contribution in [1.82, 2.24) is 9.80 Å². The van der Waals surface area contributed by atoms with E-state index in [0.29, 0.717) is 32.4 Å². The first kappa shape index (κ1) is 21.2. The van der Waals surface area contributed by atoms with Gasteiger partial charge in [-0.05, 0) is 29.7 Å². The molecule has 1 spiro atoms. The smallest absolute Gasteiger partial charge is 0.328 e. The fraction of sp³-hybridized carbons (Fsp3) is 0.571. The third-order valence-corrected chi connectivity index (χ3v) is 5.43. The van der Waals surface area contributed by atoms with Gasteiger partial charge >= 0.3 is 5.97 Å². The van der Waals surface area contributed by atoms with Crippen molar-refractivity contribution in [2.45, 2.75) is 51.8 Å². The monoisotopic (exact) mass is 406 g/mol. The number of carboxylic acids is 1. The summed E-state index contributed by atoms with van der Waals surface area (Å²) < 4.78 is 19.1. The lowest BCUT2D eigenvalue weighted by Crippen LogP contribution is -2.58. The van der Waals surface area contributed by atoms with Gasteiger partial charge in [0.15, 0.2) is 6.04 Å². The number of benzene rings is 1. The molecule has 0 radical (unpaired) electrons. The number of hydrogen-bond donors (Lipinski definition) is 1. The van der Waals surface area contributed by atoms with Crippen molar-refractivity contribution in [1.29, 1.82) is 0 Å². The molecule has 2 heterocycles. The average molecular weight is 406 g/mol. The molecule has 0 bridgehead atoms. The van der Waals surface area contributed by atoms with Crippen LogP contribution in [0.3, 0.4) is 0 Å². The molecule has 2 amide bonds. The third kappa shape index (κ3) is 4.42. The van der Waals surface area contributed by atoms with E-state index in [-0.39, 0.29) is 23.5 Å². The predicted octanol–water partition coefficient (Wildman–Crippen LogP) is 2.51. The maximum absolute atomic E-state index is 13.2. The highest BCUT2D eigenvalue weighted by Gasteiger charge is 2.54. The van der Waals surface area contributed by atoms with Crippen LogP contribution in [0.1, 0.15) is 50.4 Å². The summed E-state index contributed by atoms with van der Waals surface area (Å²) >= 11 is 0. The fourth-order valence-electron chi connectivity index (χ4n) is 3.96. The molecule has 3 rings (SSSR count). The van der Waals surface area contributed by atoms with Crippen LogP contribution in [0.4, 0.5) is 4.39 Å². The minimum atomic E-state index is -1.15. The lowest BCUT2D eigenvalue weighted by molar-refractivity contribution is -0.148. The Balaban J connectivity index is 1.80. The van der Waals surface area contributed by atoms with Gasteiger partial charge < -0.3 is 14.7 Å². The number of nitrogens with zero attached hydrogens (tertiary/aromatic N) is 2. The topological polar surface area (TPSA) is 87.2 Å². The van der Waals surface area contributed by atoms with E-state index in [1.807, 2.05) is 20.8 Å². The summed E-state index contributed by atoms with van der Waals surface area (Å²) in [6.07, 6.45) is 1.08. The zero-order chi connectivity index (χ0) is 21.4. The molecule has 1 N–H and O–H groups in total. The normalized spacial score (nSPS) is 21.4. The Labute approximate surface area is 169 Å². The summed E-state index contributed by atoms with van der Waals surface area (Å²) in [5, 5.41) is 9.61. The van der Waals surface area contributed by atoms with Crippen LogP contribution < -0.4 is 0 Å². The van der Waals surface area contributed by atoms with E-state index in [2.05, 4.69) is 0 Å². The van der Waals surface area contributed by atoms with Gasteiger partial charge in [-0.1, -0.05) is 20.8 Å².